The summed E-state index contributed by atoms with van der Waals surface area (Å²) < 4.78 is 17.8. The number of hydrogen-bond donors (Lipinski definition) is 0. The van der Waals surface area contributed by atoms with Crippen LogP contribution in [0.3, 0.4) is 0 Å². The van der Waals surface area contributed by atoms with Gasteiger partial charge in [0.25, 0.3) is 0 Å². The molecule has 16 heavy (non-hydrogen) atoms. The highest BCUT2D eigenvalue weighted by Gasteiger charge is 2.09. The fourth-order valence-corrected chi connectivity index (χ4v) is 2.07. The number of benzene rings is 1. The van der Waals surface area contributed by atoms with E-state index < -0.39 is 5.82 Å². The molecule has 0 saturated heterocycles. The highest BCUT2D eigenvalue weighted by atomic mass is 32.2. The zero-order valence-corrected chi connectivity index (χ0v) is 9.55. The monoisotopic (exact) mass is 242 g/mol. The molecule has 0 fully saturated rings. The quantitative estimate of drug-likeness (QED) is 0.451. The Morgan fingerprint density at radius 2 is 2.31 bits per heavy atom. The number of rotatable bonds is 5. The summed E-state index contributed by atoms with van der Waals surface area (Å²) in [5.41, 5.74) is 0.301. The molecule has 1 rings (SSSR count). The second kappa shape index (κ2) is 6.27. The van der Waals surface area contributed by atoms with Crippen LogP contribution in [0.25, 0.3) is 0 Å². The first-order chi connectivity index (χ1) is 7.69. The SMILES string of the molecule is COC(=O)CCSc1c(F)cccc1C=O. The van der Waals surface area contributed by atoms with Gasteiger partial charge in [-0.15, -0.1) is 11.8 Å². The molecular formula is C11H11FO3S. The maximum Gasteiger partial charge on any atom is 0.306 e. The Morgan fingerprint density at radius 3 is 2.94 bits per heavy atom. The summed E-state index contributed by atoms with van der Waals surface area (Å²) >= 11 is 1.13. The molecular weight excluding hydrogens is 231 g/mol. The van der Waals surface area contributed by atoms with E-state index in [9.17, 15) is 14.0 Å². The van der Waals surface area contributed by atoms with E-state index in [-0.39, 0.29) is 17.3 Å². The molecule has 0 saturated carbocycles. The zero-order valence-electron chi connectivity index (χ0n) is 8.73. The largest absolute Gasteiger partial charge is 0.469 e. The van der Waals surface area contributed by atoms with Crippen LogP contribution in [0.5, 0.6) is 0 Å². The molecule has 0 unspecified atom stereocenters. The Morgan fingerprint density at radius 1 is 1.56 bits per heavy atom. The number of carbonyl (C=O) groups excluding carboxylic acids is 2. The van der Waals surface area contributed by atoms with Gasteiger partial charge in [0, 0.05) is 11.3 Å². The number of methoxy groups -OCH3 is 1. The van der Waals surface area contributed by atoms with Gasteiger partial charge in [-0.2, -0.15) is 0 Å². The predicted molar refractivity (Wildman–Crippen MR) is 59.1 cm³/mol. The lowest BCUT2D eigenvalue weighted by Crippen LogP contribution is -2.01. The topological polar surface area (TPSA) is 43.4 Å². The van der Waals surface area contributed by atoms with E-state index in [1.54, 1.807) is 0 Å². The Balaban J connectivity index is 2.65. The third kappa shape index (κ3) is 3.34. The first kappa shape index (κ1) is 12.7. The molecule has 0 N–H and O–H groups in total. The molecule has 86 valence electrons. The second-order valence-electron chi connectivity index (χ2n) is 2.95. The Hall–Kier alpha value is -1.36. The van der Waals surface area contributed by atoms with Crippen molar-refractivity contribution in [1.82, 2.24) is 0 Å². The van der Waals surface area contributed by atoms with Gasteiger partial charge in [0.05, 0.1) is 18.4 Å². The first-order valence-electron chi connectivity index (χ1n) is 4.62. The van der Waals surface area contributed by atoms with E-state index in [4.69, 9.17) is 0 Å². The first-order valence-corrected chi connectivity index (χ1v) is 5.61. The molecule has 1 aromatic rings. The number of halogens is 1. The van der Waals surface area contributed by atoms with Crippen molar-refractivity contribution in [3.05, 3.63) is 29.6 Å². The lowest BCUT2D eigenvalue weighted by atomic mass is 10.2. The number of aldehydes is 1. The van der Waals surface area contributed by atoms with Crippen LogP contribution in [-0.4, -0.2) is 25.1 Å². The van der Waals surface area contributed by atoms with E-state index in [0.717, 1.165) is 11.8 Å². The molecule has 5 heteroatoms. The highest BCUT2D eigenvalue weighted by Crippen LogP contribution is 2.25. The highest BCUT2D eigenvalue weighted by molar-refractivity contribution is 7.99. The predicted octanol–water partition coefficient (Wildman–Crippen LogP) is 2.29. The third-order valence-electron chi connectivity index (χ3n) is 1.90. The molecule has 0 spiro atoms. The molecule has 0 aromatic heterocycles. The summed E-state index contributed by atoms with van der Waals surface area (Å²) in [5, 5.41) is 0. The molecule has 0 aliphatic carbocycles. The Kier molecular flexibility index (Phi) is 4.98. The minimum atomic E-state index is -0.445. The molecule has 0 bridgehead atoms. The Bertz CT molecular complexity index is 393. The molecule has 3 nitrogen and oxygen atoms in total. The number of esters is 1. The van der Waals surface area contributed by atoms with Crippen molar-refractivity contribution in [1.29, 1.82) is 0 Å². The van der Waals surface area contributed by atoms with Crippen LogP contribution in [0.1, 0.15) is 16.8 Å². The summed E-state index contributed by atoms with van der Waals surface area (Å²) in [6.45, 7) is 0. The van der Waals surface area contributed by atoms with Crippen LogP contribution in [0.2, 0.25) is 0 Å². The van der Waals surface area contributed by atoms with Gasteiger partial charge in [0.1, 0.15) is 5.82 Å². The zero-order chi connectivity index (χ0) is 12.0. The van der Waals surface area contributed by atoms with Gasteiger partial charge in [-0.1, -0.05) is 12.1 Å². The van der Waals surface area contributed by atoms with Crippen LogP contribution in [-0.2, 0) is 9.53 Å². The van der Waals surface area contributed by atoms with Crippen molar-refractivity contribution in [2.45, 2.75) is 11.3 Å². The lowest BCUT2D eigenvalue weighted by molar-refractivity contribution is -0.140. The van der Waals surface area contributed by atoms with Gasteiger partial charge in [-0.25, -0.2) is 4.39 Å². The standard InChI is InChI=1S/C11H11FO3S/c1-15-10(14)5-6-16-11-8(7-13)3-2-4-9(11)12/h2-4,7H,5-6H2,1H3. The van der Waals surface area contributed by atoms with Crippen molar-refractivity contribution in [2.24, 2.45) is 0 Å². The fourth-order valence-electron chi connectivity index (χ4n) is 1.11. The van der Waals surface area contributed by atoms with E-state index in [1.807, 2.05) is 0 Å². The molecule has 0 radical (unpaired) electrons. The summed E-state index contributed by atoms with van der Waals surface area (Å²) in [6.07, 6.45) is 0.789. The minimum Gasteiger partial charge on any atom is -0.469 e. The minimum absolute atomic E-state index is 0.188. The van der Waals surface area contributed by atoms with Gasteiger partial charge in [-0.05, 0) is 6.07 Å². The number of carbonyl (C=O) groups is 2. The van der Waals surface area contributed by atoms with E-state index in [1.165, 1.54) is 25.3 Å². The van der Waals surface area contributed by atoms with Crippen molar-refractivity contribution < 1.29 is 18.7 Å². The molecule has 0 amide bonds. The van der Waals surface area contributed by atoms with Gasteiger partial charge < -0.3 is 4.74 Å². The summed E-state index contributed by atoms with van der Waals surface area (Å²) in [4.78, 5) is 21.8. The summed E-state index contributed by atoms with van der Waals surface area (Å²) in [7, 11) is 1.30. The average molecular weight is 242 g/mol. The fraction of sp³-hybridized carbons (Fsp3) is 0.273. The smallest absolute Gasteiger partial charge is 0.306 e. The van der Waals surface area contributed by atoms with Crippen LogP contribution in [0.15, 0.2) is 23.1 Å². The van der Waals surface area contributed by atoms with E-state index in [2.05, 4.69) is 4.74 Å². The normalized spacial score (nSPS) is 9.88. The van der Waals surface area contributed by atoms with Gasteiger partial charge in [0.2, 0.25) is 0 Å². The van der Waals surface area contributed by atoms with Crippen LogP contribution in [0, 0.1) is 5.82 Å². The Labute approximate surface area is 97.0 Å². The van der Waals surface area contributed by atoms with E-state index in [0.29, 0.717) is 17.6 Å². The van der Waals surface area contributed by atoms with Crippen LogP contribution >= 0.6 is 11.8 Å². The molecule has 0 heterocycles. The number of ether oxygens (including phenoxy) is 1. The van der Waals surface area contributed by atoms with Gasteiger partial charge >= 0.3 is 5.97 Å². The maximum atomic E-state index is 13.3. The lowest BCUT2D eigenvalue weighted by Gasteiger charge is -2.05. The second-order valence-corrected chi connectivity index (χ2v) is 4.06. The maximum absolute atomic E-state index is 13.3. The number of thioether (sulfide) groups is 1. The van der Waals surface area contributed by atoms with Crippen LogP contribution in [0.4, 0.5) is 4.39 Å². The summed E-state index contributed by atoms with van der Waals surface area (Å²) in [6, 6.07) is 4.30. The molecule has 0 atom stereocenters. The number of hydrogen-bond acceptors (Lipinski definition) is 4. The molecule has 0 aliphatic rings. The van der Waals surface area contributed by atoms with Crippen molar-refractivity contribution in [3.63, 3.8) is 0 Å². The van der Waals surface area contributed by atoms with Crippen molar-refractivity contribution in [2.75, 3.05) is 12.9 Å². The van der Waals surface area contributed by atoms with Crippen molar-refractivity contribution >= 4 is 24.0 Å². The average Bonchev–Trinajstić information content (AvgIpc) is 2.30. The van der Waals surface area contributed by atoms with E-state index >= 15 is 0 Å². The van der Waals surface area contributed by atoms with Crippen LogP contribution < -0.4 is 0 Å². The third-order valence-corrected chi connectivity index (χ3v) is 3.03. The van der Waals surface area contributed by atoms with Crippen molar-refractivity contribution in [3.8, 4) is 0 Å². The molecule has 1 aromatic carbocycles. The summed E-state index contributed by atoms with van der Waals surface area (Å²) in [5.74, 6) is -0.412. The molecule has 0 aliphatic heterocycles. The van der Waals surface area contributed by atoms with Gasteiger partial charge in [0.15, 0.2) is 6.29 Å². The van der Waals surface area contributed by atoms with Gasteiger partial charge in [-0.3, -0.25) is 9.59 Å².